The topological polar surface area (TPSA) is 67.1 Å². The third-order valence-electron chi connectivity index (χ3n) is 2.64. The van der Waals surface area contributed by atoms with Gasteiger partial charge in [0, 0.05) is 6.07 Å². The molecule has 0 unspecified atom stereocenters. The maximum absolute atomic E-state index is 13.4. The molecular weight excluding hydrogens is 264 g/mol. The average Bonchev–Trinajstić information content (AvgIpc) is 2.37. The second-order valence-corrected chi connectivity index (χ2v) is 4.29. The lowest BCUT2D eigenvalue weighted by Crippen LogP contribution is -2.21. The number of nitrogen functional groups attached to an aromatic ring is 1. The van der Waals surface area contributed by atoms with E-state index in [-0.39, 0.29) is 5.69 Å². The summed E-state index contributed by atoms with van der Waals surface area (Å²) < 4.78 is 26.1. The quantitative estimate of drug-likeness (QED) is 0.735. The van der Waals surface area contributed by atoms with Gasteiger partial charge in [0.25, 0.3) is 0 Å². The van der Waals surface area contributed by atoms with Crippen LogP contribution in [0.4, 0.5) is 30.6 Å². The van der Waals surface area contributed by atoms with Crippen molar-refractivity contribution in [1.29, 1.82) is 0 Å². The van der Waals surface area contributed by atoms with Crippen LogP contribution >= 0.6 is 0 Å². The van der Waals surface area contributed by atoms with Crippen LogP contribution in [-0.2, 0) is 0 Å². The van der Waals surface area contributed by atoms with Crippen molar-refractivity contribution in [2.24, 2.45) is 0 Å². The van der Waals surface area contributed by atoms with Crippen LogP contribution in [0.5, 0.6) is 0 Å². The van der Waals surface area contributed by atoms with Crippen molar-refractivity contribution in [3.63, 3.8) is 0 Å². The van der Waals surface area contributed by atoms with E-state index in [0.29, 0.717) is 17.4 Å². The lowest BCUT2D eigenvalue weighted by atomic mass is 10.2. The number of benzene rings is 2. The fourth-order valence-corrected chi connectivity index (χ4v) is 1.65. The van der Waals surface area contributed by atoms with Gasteiger partial charge in [-0.3, -0.25) is 0 Å². The highest BCUT2D eigenvalue weighted by Gasteiger charge is 2.09. The van der Waals surface area contributed by atoms with Gasteiger partial charge in [-0.25, -0.2) is 13.6 Å². The molecule has 0 heterocycles. The first-order valence-corrected chi connectivity index (χ1v) is 5.85. The Kier molecular flexibility index (Phi) is 3.84. The minimum absolute atomic E-state index is 0.116. The molecule has 2 rings (SSSR count). The maximum atomic E-state index is 13.4. The first-order chi connectivity index (χ1) is 9.45. The molecule has 0 aliphatic rings. The Morgan fingerprint density at radius 2 is 1.75 bits per heavy atom. The number of anilines is 3. The molecule has 0 spiro atoms. The number of hydrogen-bond donors (Lipinski definition) is 3. The molecule has 0 saturated carbocycles. The third-order valence-corrected chi connectivity index (χ3v) is 2.64. The average molecular weight is 277 g/mol. The smallest absolute Gasteiger partial charge is 0.323 e. The van der Waals surface area contributed by atoms with Gasteiger partial charge in [0.15, 0.2) is 0 Å². The zero-order chi connectivity index (χ0) is 14.7. The van der Waals surface area contributed by atoms with Crippen molar-refractivity contribution in [2.45, 2.75) is 6.92 Å². The van der Waals surface area contributed by atoms with Gasteiger partial charge in [0.1, 0.15) is 11.6 Å². The maximum Gasteiger partial charge on any atom is 0.323 e. The molecule has 104 valence electrons. The highest BCUT2D eigenvalue weighted by molar-refractivity contribution is 6.01. The summed E-state index contributed by atoms with van der Waals surface area (Å²) >= 11 is 0. The normalized spacial score (nSPS) is 10.2. The summed E-state index contributed by atoms with van der Waals surface area (Å²) in [6.07, 6.45) is 0. The minimum Gasteiger partial charge on any atom is -0.397 e. The molecule has 0 bridgehead atoms. The molecule has 4 N–H and O–H groups in total. The Balaban J connectivity index is 2.11. The number of halogens is 2. The summed E-state index contributed by atoms with van der Waals surface area (Å²) in [4.78, 5) is 11.7. The van der Waals surface area contributed by atoms with Gasteiger partial charge in [-0.05, 0) is 36.8 Å². The number of nitrogens with two attached hydrogens (primary N) is 1. The van der Waals surface area contributed by atoms with E-state index in [1.54, 1.807) is 18.2 Å². The molecule has 2 aromatic carbocycles. The zero-order valence-corrected chi connectivity index (χ0v) is 10.7. The number of hydrogen-bond acceptors (Lipinski definition) is 2. The first kappa shape index (κ1) is 13.8. The number of carbonyl (C=O) groups is 1. The van der Waals surface area contributed by atoms with Gasteiger partial charge >= 0.3 is 6.03 Å². The van der Waals surface area contributed by atoms with Gasteiger partial charge in [0.05, 0.1) is 17.1 Å². The molecule has 0 aliphatic carbocycles. The number of nitrogens with one attached hydrogen (secondary N) is 2. The zero-order valence-electron chi connectivity index (χ0n) is 10.7. The number of aryl methyl sites for hydroxylation is 1. The van der Waals surface area contributed by atoms with Crippen LogP contribution in [0.3, 0.4) is 0 Å². The Bertz CT molecular complexity index is 659. The predicted octanol–water partition coefficient (Wildman–Crippen LogP) is 3.50. The molecule has 0 radical (unpaired) electrons. The van der Waals surface area contributed by atoms with Crippen molar-refractivity contribution < 1.29 is 13.6 Å². The Morgan fingerprint density at radius 1 is 1.05 bits per heavy atom. The van der Waals surface area contributed by atoms with Crippen LogP contribution < -0.4 is 16.4 Å². The Hall–Kier alpha value is -2.63. The van der Waals surface area contributed by atoms with Crippen LogP contribution in [0, 0.1) is 18.6 Å². The third kappa shape index (κ3) is 3.23. The van der Waals surface area contributed by atoms with E-state index in [9.17, 15) is 13.6 Å². The fourth-order valence-electron chi connectivity index (χ4n) is 1.65. The van der Waals surface area contributed by atoms with Crippen molar-refractivity contribution in [3.05, 3.63) is 53.6 Å². The van der Waals surface area contributed by atoms with Crippen LogP contribution in [0.1, 0.15) is 5.56 Å². The lowest BCUT2D eigenvalue weighted by molar-refractivity contribution is 0.262. The number of rotatable bonds is 2. The molecule has 0 atom stereocenters. The van der Waals surface area contributed by atoms with Gasteiger partial charge in [-0.2, -0.15) is 0 Å². The van der Waals surface area contributed by atoms with Gasteiger partial charge in [0.2, 0.25) is 0 Å². The Morgan fingerprint density at radius 3 is 2.45 bits per heavy atom. The number of amides is 2. The van der Waals surface area contributed by atoms with E-state index in [1.807, 2.05) is 6.92 Å². The minimum atomic E-state index is -0.850. The molecular formula is C14H13F2N3O. The first-order valence-electron chi connectivity index (χ1n) is 5.85. The van der Waals surface area contributed by atoms with E-state index < -0.39 is 17.7 Å². The van der Waals surface area contributed by atoms with E-state index >= 15 is 0 Å². The molecule has 0 aliphatic heterocycles. The van der Waals surface area contributed by atoms with Crippen molar-refractivity contribution >= 4 is 23.1 Å². The number of carbonyl (C=O) groups excluding carboxylic acids is 1. The van der Waals surface area contributed by atoms with Crippen LogP contribution in [0.15, 0.2) is 36.4 Å². The summed E-state index contributed by atoms with van der Waals surface area (Å²) in [5.74, 6) is -1.56. The van der Waals surface area contributed by atoms with E-state index in [4.69, 9.17) is 5.73 Å². The lowest BCUT2D eigenvalue weighted by Gasteiger charge is -2.11. The largest absolute Gasteiger partial charge is 0.397 e. The van der Waals surface area contributed by atoms with Gasteiger partial charge in [-0.1, -0.05) is 6.07 Å². The van der Waals surface area contributed by atoms with E-state index in [2.05, 4.69) is 10.6 Å². The summed E-state index contributed by atoms with van der Waals surface area (Å²) in [6.45, 7) is 1.85. The summed E-state index contributed by atoms with van der Waals surface area (Å²) in [6, 6.07) is 7.38. The van der Waals surface area contributed by atoms with Crippen LogP contribution in [-0.4, -0.2) is 6.03 Å². The monoisotopic (exact) mass is 277 g/mol. The highest BCUT2D eigenvalue weighted by Crippen LogP contribution is 2.20. The standard InChI is InChI=1S/C14H13F2N3O/c1-8-2-4-11(17)13(6-8)19-14(20)18-12-5-3-9(15)7-10(12)16/h2-7H,17H2,1H3,(H2,18,19,20). The summed E-state index contributed by atoms with van der Waals surface area (Å²) in [5.41, 5.74) is 7.33. The van der Waals surface area contributed by atoms with Gasteiger partial charge < -0.3 is 16.4 Å². The molecule has 0 saturated heterocycles. The molecule has 20 heavy (non-hydrogen) atoms. The number of urea groups is 1. The predicted molar refractivity (Wildman–Crippen MR) is 74.6 cm³/mol. The molecule has 2 amide bonds. The van der Waals surface area contributed by atoms with Crippen molar-refractivity contribution in [3.8, 4) is 0 Å². The summed E-state index contributed by atoms with van der Waals surface area (Å²) in [5, 5.41) is 4.79. The molecule has 0 aromatic heterocycles. The second kappa shape index (κ2) is 5.56. The van der Waals surface area contributed by atoms with E-state index in [1.165, 1.54) is 0 Å². The summed E-state index contributed by atoms with van der Waals surface area (Å²) in [7, 11) is 0. The SMILES string of the molecule is Cc1ccc(N)c(NC(=O)Nc2ccc(F)cc2F)c1. The molecule has 2 aromatic rings. The van der Waals surface area contributed by atoms with E-state index in [0.717, 1.165) is 17.7 Å². The van der Waals surface area contributed by atoms with Crippen LogP contribution in [0.25, 0.3) is 0 Å². The molecule has 4 nitrogen and oxygen atoms in total. The highest BCUT2D eigenvalue weighted by atomic mass is 19.1. The second-order valence-electron chi connectivity index (χ2n) is 4.29. The Labute approximate surface area is 114 Å². The van der Waals surface area contributed by atoms with Crippen LogP contribution in [0.2, 0.25) is 0 Å². The fraction of sp³-hybridized carbons (Fsp3) is 0.0714. The van der Waals surface area contributed by atoms with Crippen molar-refractivity contribution in [2.75, 3.05) is 16.4 Å². The molecule has 6 heteroatoms. The van der Waals surface area contributed by atoms with Gasteiger partial charge in [-0.15, -0.1) is 0 Å². The molecule has 0 fully saturated rings. The van der Waals surface area contributed by atoms with Crippen molar-refractivity contribution in [1.82, 2.24) is 0 Å².